The number of carbonyl (C=O) groups is 1. The number of aliphatic hydroxyl groups is 2. The van der Waals surface area contributed by atoms with Gasteiger partial charge in [0.2, 0.25) is 0 Å². The predicted molar refractivity (Wildman–Crippen MR) is 117 cm³/mol. The van der Waals surface area contributed by atoms with E-state index in [0.717, 1.165) is 40.9 Å². The molecule has 1 amide bonds. The van der Waals surface area contributed by atoms with Gasteiger partial charge in [0.15, 0.2) is 0 Å². The minimum Gasteiger partial charge on any atom is -0.396 e. The van der Waals surface area contributed by atoms with Gasteiger partial charge in [-0.1, -0.05) is 0 Å². The summed E-state index contributed by atoms with van der Waals surface area (Å²) >= 11 is 1.65. The second kappa shape index (κ2) is 8.37. The van der Waals surface area contributed by atoms with Gasteiger partial charge < -0.3 is 15.5 Å². The van der Waals surface area contributed by atoms with Gasteiger partial charge in [-0.05, 0) is 57.6 Å². The van der Waals surface area contributed by atoms with E-state index in [1.807, 2.05) is 12.1 Å². The Kier molecular flexibility index (Phi) is 5.81. The minimum absolute atomic E-state index is 0.207. The number of carbonyl (C=O) groups excluding carboxylic acids is 1. The van der Waals surface area contributed by atoms with E-state index in [4.69, 9.17) is 4.98 Å². The molecule has 0 spiro atoms. The second-order valence-electron chi connectivity index (χ2n) is 8.42. The van der Waals surface area contributed by atoms with Crippen LogP contribution in [0.1, 0.15) is 66.5 Å². The molecule has 0 aliphatic heterocycles. The van der Waals surface area contributed by atoms with Crippen LogP contribution in [0.2, 0.25) is 0 Å². The number of rotatable bonds is 5. The molecule has 158 valence electrons. The van der Waals surface area contributed by atoms with Crippen molar-refractivity contribution in [2.45, 2.75) is 51.0 Å². The lowest BCUT2D eigenvalue weighted by molar-refractivity contribution is 0.0794. The summed E-state index contributed by atoms with van der Waals surface area (Å²) in [5.41, 5.74) is 1.03. The average molecular weight is 427 g/mol. The molecule has 0 bridgehead atoms. The number of amides is 1. The highest BCUT2D eigenvalue weighted by molar-refractivity contribution is 7.18. The monoisotopic (exact) mass is 426 g/mol. The SMILES string of the molecule is CC(C)(O)c1cc2sc(C3CCC(CO)CC3)nc2cc1NC(=O)c1cnccn1. The Morgan fingerprint density at radius 1 is 1.23 bits per heavy atom. The lowest BCUT2D eigenvalue weighted by Gasteiger charge is -2.25. The third kappa shape index (κ3) is 4.35. The first-order valence-electron chi connectivity index (χ1n) is 10.2. The van der Waals surface area contributed by atoms with Gasteiger partial charge in [-0.3, -0.25) is 9.78 Å². The molecule has 3 N–H and O–H groups in total. The fraction of sp³-hybridized carbons (Fsp3) is 0.455. The topological polar surface area (TPSA) is 108 Å². The van der Waals surface area contributed by atoms with Crippen LogP contribution < -0.4 is 5.32 Å². The van der Waals surface area contributed by atoms with Crippen LogP contribution in [-0.2, 0) is 5.60 Å². The van der Waals surface area contributed by atoms with E-state index < -0.39 is 5.60 Å². The number of nitrogens with zero attached hydrogens (tertiary/aromatic N) is 3. The number of anilines is 1. The number of hydrogen-bond donors (Lipinski definition) is 3. The van der Waals surface area contributed by atoms with Crippen molar-refractivity contribution in [2.75, 3.05) is 11.9 Å². The van der Waals surface area contributed by atoms with E-state index in [9.17, 15) is 15.0 Å². The van der Waals surface area contributed by atoms with Crippen molar-refractivity contribution in [1.82, 2.24) is 15.0 Å². The summed E-state index contributed by atoms with van der Waals surface area (Å²) < 4.78 is 0.990. The third-order valence-corrected chi connectivity index (χ3v) is 6.88. The number of nitrogens with one attached hydrogen (secondary N) is 1. The Labute approximate surface area is 179 Å². The maximum Gasteiger partial charge on any atom is 0.275 e. The van der Waals surface area contributed by atoms with Crippen LogP contribution in [0.15, 0.2) is 30.7 Å². The lowest BCUT2D eigenvalue weighted by Crippen LogP contribution is -2.21. The molecule has 30 heavy (non-hydrogen) atoms. The van der Waals surface area contributed by atoms with E-state index in [0.29, 0.717) is 23.1 Å². The Morgan fingerprint density at radius 3 is 2.63 bits per heavy atom. The maximum atomic E-state index is 12.6. The van der Waals surface area contributed by atoms with Crippen molar-refractivity contribution in [3.63, 3.8) is 0 Å². The predicted octanol–water partition coefficient (Wildman–Crippen LogP) is 3.83. The third-order valence-electron chi connectivity index (χ3n) is 5.70. The van der Waals surface area contributed by atoms with Gasteiger partial charge in [0.05, 0.1) is 27.0 Å². The summed E-state index contributed by atoms with van der Waals surface area (Å²) in [5.74, 6) is 0.416. The van der Waals surface area contributed by atoms with Gasteiger partial charge in [-0.2, -0.15) is 0 Å². The second-order valence-corrected chi connectivity index (χ2v) is 9.48. The number of benzene rings is 1. The van der Waals surface area contributed by atoms with Crippen LogP contribution >= 0.6 is 11.3 Å². The summed E-state index contributed by atoms with van der Waals surface area (Å²) in [6.07, 6.45) is 8.47. The van der Waals surface area contributed by atoms with Gasteiger partial charge in [0.1, 0.15) is 5.69 Å². The van der Waals surface area contributed by atoms with E-state index in [2.05, 4.69) is 15.3 Å². The summed E-state index contributed by atoms with van der Waals surface area (Å²) in [6, 6.07) is 3.75. The van der Waals surface area contributed by atoms with Crippen molar-refractivity contribution in [1.29, 1.82) is 0 Å². The lowest BCUT2D eigenvalue weighted by atomic mass is 9.83. The van der Waals surface area contributed by atoms with E-state index >= 15 is 0 Å². The molecule has 1 aromatic carbocycles. The molecular weight excluding hydrogens is 400 g/mol. The molecular formula is C22H26N4O3S. The molecule has 1 aliphatic rings. The largest absolute Gasteiger partial charge is 0.396 e. The zero-order valence-corrected chi connectivity index (χ0v) is 17.9. The zero-order valence-electron chi connectivity index (χ0n) is 17.1. The molecule has 0 atom stereocenters. The van der Waals surface area contributed by atoms with Crippen molar-refractivity contribution in [2.24, 2.45) is 5.92 Å². The molecule has 7 nitrogen and oxygen atoms in total. The van der Waals surface area contributed by atoms with Gasteiger partial charge >= 0.3 is 0 Å². The molecule has 0 saturated heterocycles. The number of thiazole rings is 1. The van der Waals surface area contributed by atoms with Crippen molar-refractivity contribution >= 4 is 33.1 Å². The smallest absolute Gasteiger partial charge is 0.275 e. The van der Waals surface area contributed by atoms with E-state index in [1.54, 1.807) is 25.2 Å². The standard InChI is InChI=1S/C22H26N4O3S/c1-22(2,29)15-9-19-17(10-16(15)25-20(28)18-11-23-7-8-24-18)26-21(30-19)14-5-3-13(12-27)4-6-14/h7-11,13-14,27,29H,3-6,12H2,1-2H3,(H,25,28). The number of aromatic nitrogens is 3. The van der Waals surface area contributed by atoms with Crippen molar-refractivity contribution in [3.8, 4) is 0 Å². The highest BCUT2D eigenvalue weighted by atomic mass is 32.1. The molecule has 0 unspecified atom stereocenters. The fourth-order valence-corrected chi connectivity index (χ4v) is 5.13. The first-order chi connectivity index (χ1) is 14.3. The number of fused-ring (bicyclic) bond motifs is 1. The Morgan fingerprint density at radius 2 is 2.00 bits per heavy atom. The van der Waals surface area contributed by atoms with Gasteiger partial charge in [0.25, 0.3) is 5.91 Å². The molecule has 3 aromatic rings. The van der Waals surface area contributed by atoms with Crippen LogP contribution in [0.4, 0.5) is 5.69 Å². The molecule has 4 rings (SSSR count). The summed E-state index contributed by atoms with van der Waals surface area (Å²) in [7, 11) is 0. The first-order valence-corrected chi connectivity index (χ1v) is 11.0. The molecule has 1 fully saturated rings. The van der Waals surface area contributed by atoms with Gasteiger partial charge in [-0.15, -0.1) is 11.3 Å². The minimum atomic E-state index is -1.14. The normalized spacial score (nSPS) is 19.7. The van der Waals surface area contributed by atoms with Gasteiger partial charge in [-0.25, -0.2) is 9.97 Å². The quantitative estimate of drug-likeness (QED) is 0.572. The summed E-state index contributed by atoms with van der Waals surface area (Å²) in [5, 5.41) is 24.0. The Bertz CT molecular complexity index is 1040. The highest BCUT2D eigenvalue weighted by Gasteiger charge is 2.27. The van der Waals surface area contributed by atoms with Crippen LogP contribution in [0.5, 0.6) is 0 Å². The molecule has 1 aliphatic carbocycles. The van der Waals surface area contributed by atoms with Crippen LogP contribution in [-0.4, -0.2) is 37.7 Å². The van der Waals surface area contributed by atoms with Crippen LogP contribution in [0.25, 0.3) is 10.2 Å². The van der Waals surface area contributed by atoms with Crippen LogP contribution in [0, 0.1) is 5.92 Å². The zero-order chi connectivity index (χ0) is 21.3. The molecule has 2 heterocycles. The van der Waals surface area contributed by atoms with Crippen LogP contribution in [0.3, 0.4) is 0 Å². The molecule has 0 radical (unpaired) electrons. The van der Waals surface area contributed by atoms with E-state index in [1.165, 1.54) is 18.6 Å². The fourth-order valence-electron chi connectivity index (χ4n) is 3.97. The summed E-state index contributed by atoms with van der Waals surface area (Å²) in [4.78, 5) is 25.4. The summed E-state index contributed by atoms with van der Waals surface area (Å²) in [6.45, 7) is 3.66. The first kappa shape index (κ1) is 20.8. The average Bonchev–Trinajstić information content (AvgIpc) is 3.16. The van der Waals surface area contributed by atoms with Crippen molar-refractivity contribution in [3.05, 3.63) is 47.0 Å². The number of aliphatic hydroxyl groups excluding tert-OH is 1. The Hall–Kier alpha value is -2.42. The molecule has 2 aromatic heterocycles. The highest BCUT2D eigenvalue weighted by Crippen LogP contribution is 2.41. The van der Waals surface area contributed by atoms with E-state index in [-0.39, 0.29) is 18.2 Å². The Balaban J connectivity index is 1.66. The molecule has 1 saturated carbocycles. The molecule has 8 heteroatoms. The van der Waals surface area contributed by atoms with Gasteiger partial charge in [0, 0.05) is 36.2 Å². The van der Waals surface area contributed by atoms with Crippen molar-refractivity contribution < 1.29 is 15.0 Å². The maximum absolute atomic E-state index is 12.6. The number of hydrogen-bond acceptors (Lipinski definition) is 7.